The molecular weight excluding hydrogens is 429 g/mol. The third-order valence-corrected chi connectivity index (χ3v) is 6.00. The summed E-state index contributed by atoms with van der Waals surface area (Å²) in [5.74, 6) is 0.959. The molecule has 0 saturated carbocycles. The maximum atomic E-state index is 13.6. The molecule has 172 valence electrons. The summed E-state index contributed by atoms with van der Waals surface area (Å²) in [4.78, 5) is 13.4. The minimum Gasteiger partial charge on any atom is -0.493 e. The first kappa shape index (κ1) is 24.2. The van der Waals surface area contributed by atoms with Gasteiger partial charge in [-0.25, -0.2) is 14.4 Å². The monoisotopic (exact) mass is 459 g/mol. The first-order valence-electron chi connectivity index (χ1n) is 10.6. The maximum absolute atomic E-state index is 13.6. The molecular formula is C24H31ClFN5O. The number of hydrogen-bond acceptors (Lipinski definition) is 6. The van der Waals surface area contributed by atoms with E-state index >= 15 is 0 Å². The lowest BCUT2D eigenvalue weighted by molar-refractivity contribution is 0.139. The van der Waals surface area contributed by atoms with Gasteiger partial charge in [0.1, 0.15) is 23.7 Å². The van der Waals surface area contributed by atoms with E-state index in [2.05, 4.69) is 66.1 Å². The molecule has 0 spiro atoms. The Kier molecular flexibility index (Phi) is 7.54. The van der Waals surface area contributed by atoms with Gasteiger partial charge in [0, 0.05) is 41.3 Å². The van der Waals surface area contributed by atoms with Crippen LogP contribution < -0.4 is 10.1 Å². The number of nitrogens with zero attached hydrogens (tertiary/aromatic N) is 4. The fourth-order valence-electron chi connectivity index (χ4n) is 3.48. The Morgan fingerprint density at radius 2 is 1.84 bits per heavy atom. The van der Waals surface area contributed by atoms with Crippen LogP contribution in [0.25, 0.3) is 10.9 Å². The zero-order valence-corrected chi connectivity index (χ0v) is 20.3. The molecule has 0 amide bonds. The molecule has 6 nitrogen and oxygen atoms in total. The summed E-state index contributed by atoms with van der Waals surface area (Å²) < 4.78 is 19.6. The van der Waals surface area contributed by atoms with E-state index in [1.54, 1.807) is 12.1 Å². The standard InChI is InChI=1S/C24H31ClFN5O/c1-7-32-22-14-21-17(13-18(22)24(2,3)31(6)11-10-30(4)5)23(28-15-27-21)29-16-8-9-20(26)19(25)12-16/h8-9,12-15H,7,10-11H2,1-6H3,(H,27,28,29). The number of benzene rings is 2. The Morgan fingerprint density at radius 1 is 1.09 bits per heavy atom. The molecule has 32 heavy (non-hydrogen) atoms. The van der Waals surface area contributed by atoms with E-state index in [9.17, 15) is 4.39 Å². The maximum Gasteiger partial charge on any atom is 0.141 e. The van der Waals surface area contributed by atoms with Crippen molar-refractivity contribution in [2.75, 3.05) is 46.2 Å². The van der Waals surface area contributed by atoms with Gasteiger partial charge in [0.25, 0.3) is 0 Å². The van der Waals surface area contributed by atoms with Crippen LogP contribution >= 0.6 is 11.6 Å². The number of halogens is 2. The highest BCUT2D eigenvalue weighted by atomic mass is 35.5. The van der Waals surface area contributed by atoms with Crippen LogP contribution in [0.5, 0.6) is 5.75 Å². The van der Waals surface area contributed by atoms with E-state index in [-0.39, 0.29) is 10.6 Å². The molecule has 2 aromatic carbocycles. The largest absolute Gasteiger partial charge is 0.493 e. The number of hydrogen-bond donors (Lipinski definition) is 1. The van der Waals surface area contributed by atoms with Crippen LogP contribution in [0.3, 0.4) is 0 Å². The van der Waals surface area contributed by atoms with Crippen molar-refractivity contribution in [1.82, 2.24) is 19.8 Å². The number of rotatable bonds is 9. The quantitative estimate of drug-likeness (QED) is 0.469. The van der Waals surface area contributed by atoms with Crippen molar-refractivity contribution in [3.8, 4) is 5.75 Å². The van der Waals surface area contributed by atoms with Crippen LogP contribution in [-0.4, -0.2) is 60.6 Å². The lowest BCUT2D eigenvalue weighted by Gasteiger charge is -2.38. The van der Waals surface area contributed by atoms with E-state index in [1.807, 2.05) is 13.0 Å². The predicted molar refractivity (Wildman–Crippen MR) is 130 cm³/mol. The van der Waals surface area contributed by atoms with Crippen LogP contribution in [0.1, 0.15) is 26.3 Å². The van der Waals surface area contributed by atoms with Crippen molar-refractivity contribution in [3.63, 3.8) is 0 Å². The number of anilines is 2. The molecule has 0 unspecified atom stereocenters. The van der Waals surface area contributed by atoms with Crippen molar-refractivity contribution in [1.29, 1.82) is 0 Å². The second kappa shape index (κ2) is 9.98. The predicted octanol–water partition coefficient (Wildman–Crippen LogP) is 5.29. The number of aromatic nitrogens is 2. The van der Waals surface area contributed by atoms with Crippen molar-refractivity contribution in [2.24, 2.45) is 0 Å². The molecule has 0 aliphatic rings. The first-order valence-corrected chi connectivity index (χ1v) is 11.0. The van der Waals surface area contributed by atoms with E-state index in [1.165, 1.54) is 12.4 Å². The van der Waals surface area contributed by atoms with Crippen LogP contribution in [0.4, 0.5) is 15.9 Å². The second-order valence-corrected chi connectivity index (χ2v) is 8.97. The zero-order valence-electron chi connectivity index (χ0n) is 19.5. The minimum atomic E-state index is -0.462. The number of ether oxygens (including phenoxy) is 1. The van der Waals surface area contributed by atoms with Crippen molar-refractivity contribution in [3.05, 3.63) is 53.1 Å². The highest BCUT2D eigenvalue weighted by molar-refractivity contribution is 6.31. The number of likely N-dealkylation sites (N-methyl/N-ethyl adjacent to an activating group) is 2. The van der Waals surface area contributed by atoms with Crippen molar-refractivity contribution >= 4 is 34.0 Å². The van der Waals surface area contributed by atoms with E-state index in [4.69, 9.17) is 16.3 Å². The lowest BCUT2D eigenvalue weighted by atomic mass is 9.90. The summed E-state index contributed by atoms with van der Waals surface area (Å²) in [7, 11) is 6.25. The molecule has 1 N–H and O–H groups in total. The summed E-state index contributed by atoms with van der Waals surface area (Å²) in [5.41, 5.74) is 2.15. The Hall–Kier alpha value is -2.48. The molecule has 0 saturated heterocycles. The van der Waals surface area contributed by atoms with Gasteiger partial charge >= 0.3 is 0 Å². The Labute approximate surface area is 194 Å². The summed E-state index contributed by atoms with van der Waals surface area (Å²) >= 11 is 5.95. The third kappa shape index (κ3) is 5.28. The van der Waals surface area contributed by atoms with Gasteiger partial charge in [0.15, 0.2) is 0 Å². The zero-order chi connectivity index (χ0) is 23.5. The molecule has 3 rings (SSSR count). The molecule has 0 fully saturated rings. The molecule has 0 bridgehead atoms. The van der Waals surface area contributed by atoms with Gasteiger partial charge in [0.05, 0.1) is 17.1 Å². The topological polar surface area (TPSA) is 53.5 Å². The van der Waals surface area contributed by atoms with Crippen LogP contribution in [0.15, 0.2) is 36.7 Å². The van der Waals surface area contributed by atoms with Gasteiger partial charge in [-0.3, -0.25) is 4.90 Å². The Morgan fingerprint density at radius 3 is 2.50 bits per heavy atom. The van der Waals surface area contributed by atoms with E-state index in [0.29, 0.717) is 18.1 Å². The van der Waals surface area contributed by atoms with Gasteiger partial charge in [-0.1, -0.05) is 11.6 Å². The summed E-state index contributed by atoms with van der Waals surface area (Å²) in [6.45, 7) is 8.74. The summed E-state index contributed by atoms with van der Waals surface area (Å²) in [5, 5.41) is 4.15. The average Bonchev–Trinajstić information content (AvgIpc) is 2.74. The Bertz CT molecular complexity index is 1090. The summed E-state index contributed by atoms with van der Waals surface area (Å²) in [6, 6.07) is 8.54. The average molecular weight is 460 g/mol. The highest BCUT2D eigenvalue weighted by Crippen LogP contribution is 2.38. The molecule has 1 heterocycles. The highest BCUT2D eigenvalue weighted by Gasteiger charge is 2.30. The van der Waals surface area contributed by atoms with E-state index in [0.717, 1.165) is 35.3 Å². The van der Waals surface area contributed by atoms with Gasteiger partial charge in [-0.15, -0.1) is 0 Å². The van der Waals surface area contributed by atoms with Gasteiger partial charge in [-0.05, 0) is 66.2 Å². The smallest absolute Gasteiger partial charge is 0.141 e. The molecule has 0 radical (unpaired) electrons. The van der Waals surface area contributed by atoms with Crippen molar-refractivity contribution < 1.29 is 9.13 Å². The molecule has 8 heteroatoms. The first-order chi connectivity index (χ1) is 15.1. The van der Waals surface area contributed by atoms with Gasteiger partial charge < -0.3 is 15.0 Å². The lowest BCUT2D eigenvalue weighted by Crippen LogP contribution is -2.42. The fourth-order valence-corrected chi connectivity index (χ4v) is 3.66. The van der Waals surface area contributed by atoms with Gasteiger partial charge in [0.2, 0.25) is 0 Å². The molecule has 1 aromatic heterocycles. The summed E-state index contributed by atoms with van der Waals surface area (Å²) in [6.07, 6.45) is 1.50. The molecule has 0 atom stereocenters. The van der Waals surface area contributed by atoms with Crippen LogP contribution in [-0.2, 0) is 5.54 Å². The number of nitrogens with one attached hydrogen (secondary N) is 1. The molecule has 3 aromatic rings. The number of fused-ring (bicyclic) bond motifs is 1. The van der Waals surface area contributed by atoms with Crippen LogP contribution in [0.2, 0.25) is 5.02 Å². The third-order valence-electron chi connectivity index (χ3n) is 5.71. The Balaban J connectivity index is 2.08. The van der Waals surface area contributed by atoms with Crippen LogP contribution in [0, 0.1) is 5.82 Å². The van der Waals surface area contributed by atoms with Crippen molar-refractivity contribution in [2.45, 2.75) is 26.3 Å². The van der Waals surface area contributed by atoms with Gasteiger partial charge in [-0.2, -0.15) is 0 Å². The molecule has 0 aliphatic carbocycles. The fraction of sp³-hybridized carbons (Fsp3) is 0.417. The molecule has 0 aliphatic heterocycles. The van der Waals surface area contributed by atoms with E-state index < -0.39 is 5.82 Å². The normalized spacial score (nSPS) is 12.1. The second-order valence-electron chi connectivity index (χ2n) is 8.56. The SMILES string of the molecule is CCOc1cc2ncnc(Nc3ccc(F)c(Cl)c3)c2cc1C(C)(C)N(C)CCN(C)C. The minimum absolute atomic E-state index is 0.0522.